The predicted octanol–water partition coefficient (Wildman–Crippen LogP) is 2.68. The number of likely N-dealkylation sites (N-methyl/N-ethyl adjacent to an activating group) is 1. The SMILES string of the molecule is C=CC(=O)N(C)c1ccc(C(=O)N2CCCC2COC(F)F)cc1. The average molecular weight is 338 g/mol. The molecule has 0 saturated carbocycles. The molecule has 1 atom stereocenters. The summed E-state index contributed by atoms with van der Waals surface area (Å²) >= 11 is 0. The lowest BCUT2D eigenvalue weighted by molar-refractivity contribution is -0.137. The third kappa shape index (κ3) is 4.17. The minimum Gasteiger partial charge on any atom is -0.333 e. The van der Waals surface area contributed by atoms with Gasteiger partial charge in [-0.25, -0.2) is 0 Å². The Labute approximate surface area is 139 Å². The summed E-state index contributed by atoms with van der Waals surface area (Å²) in [5, 5.41) is 0. The number of likely N-dealkylation sites (tertiary alicyclic amines) is 1. The Hall–Kier alpha value is -2.28. The van der Waals surface area contributed by atoms with Crippen molar-refractivity contribution in [3.63, 3.8) is 0 Å². The second-order valence-electron chi connectivity index (χ2n) is 5.54. The van der Waals surface area contributed by atoms with Crippen molar-refractivity contribution >= 4 is 17.5 Å². The number of ether oxygens (including phenoxy) is 1. The first-order chi connectivity index (χ1) is 11.4. The maximum absolute atomic E-state index is 12.6. The molecular formula is C17H20F2N2O3. The average Bonchev–Trinajstić information content (AvgIpc) is 3.06. The van der Waals surface area contributed by atoms with Gasteiger partial charge in [-0.05, 0) is 43.2 Å². The number of benzene rings is 1. The molecule has 1 aliphatic heterocycles. The van der Waals surface area contributed by atoms with E-state index in [1.54, 1.807) is 36.2 Å². The van der Waals surface area contributed by atoms with Crippen LogP contribution in [0.5, 0.6) is 0 Å². The zero-order chi connectivity index (χ0) is 17.7. The second-order valence-corrected chi connectivity index (χ2v) is 5.54. The number of carbonyl (C=O) groups is 2. The van der Waals surface area contributed by atoms with E-state index >= 15 is 0 Å². The third-order valence-corrected chi connectivity index (χ3v) is 4.06. The Bertz CT molecular complexity index is 604. The van der Waals surface area contributed by atoms with Crippen LogP contribution in [0.1, 0.15) is 23.2 Å². The van der Waals surface area contributed by atoms with E-state index in [-0.39, 0.29) is 24.5 Å². The molecule has 24 heavy (non-hydrogen) atoms. The van der Waals surface area contributed by atoms with Gasteiger partial charge in [-0.1, -0.05) is 6.58 Å². The number of hydrogen-bond acceptors (Lipinski definition) is 3. The first-order valence-corrected chi connectivity index (χ1v) is 7.65. The zero-order valence-electron chi connectivity index (χ0n) is 13.5. The van der Waals surface area contributed by atoms with Crippen molar-refractivity contribution in [2.24, 2.45) is 0 Å². The number of hydrogen-bond donors (Lipinski definition) is 0. The molecule has 2 rings (SSSR count). The fraction of sp³-hybridized carbons (Fsp3) is 0.412. The number of carbonyl (C=O) groups excluding carboxylic acids is 2. The summed E-state index contributed by atoms with van der Waals surface area (Å²) in [6, 6.07) is 6.23. The quantitative estimate of drug-likeness (QED) is 0.750. The predicted molar refractivity (Wildman–Crippen MR) is 86.1 cm³/mol. The molecular weight excluding hydrogens is 318 g/mol. The van der Waals surface area contributed by atoms with Crippen LogP contribution in [0.2, 0.25) is 0 Å². The van der Waals surface area contributed by atoms with Crippen molar-refractivity contribution in [3.05, 3.63) is 42.5 Å². The fourth-order valence-corrected chi connectivity index (χ4v) is 2.72. The summed E-state index contributed by atoms with van der Waals surface area (Å²) in [7, 11) is 1.61. The Morgan fingerprint density at radius 2 is 2.08 bits per heavy atom. The van der Waals surface area contributed by atoms with Gasteiger partial charge < -0.3 is 14.5 Å². The van der Waals surface area contributed by atoms with Gasteiger partial charge in [0.05, 0.1) is 12.6 Å². The minimum atomic E-state index is -2.83. The highest BCUT2D eigenvalue weighted by atomic mass is 19.3. The second kappa shape index (κ2) is 8.01. The fourth-order valence-electron chi connectivity index (χ4n) is 2.72. The summed E-state index contributed by atoms with van der Waals surface area (Å²) < 4.78 is 28.7. The molecule has 0 aliphatic carbocycles. The topological polar surface area (TPSA) is 49.9 Å². The first-order valence-electron chi connectivity index (χ1n) is 7.65. The van der Waals surface area contributed by atoms with E-state index in [2.05, 4.69) is 11.3 Å². The van der Waals surface area contributed by atoms with E-state index in [0.717, 1.165) is 6.42 Å². The Kier molecular flexibility index (Phi) is 6.03. The molecule has 0 bridgehead atoms. The third-order valence-electron chi connectivity index (χ3n) is 4.06. The van der Waals surface area contributed by atoms with Gasteiger partial charge in [0.2, 0.25) is 5.91 Å². The van der Waals surface area contributed by atoms with Gasteiger partial charge >= 0.3 is 6.61 Å². The molecule has 1 aromatic rings. The van der Waals surface area contributed by atoms with Crippen molar-refractivity contribution in [1.82, 2.24) is 4.90 Å². The van der Waals surface area contributed by atoms with Gasteiger partial charge in [-0.3, -0.25) is 9.59 Å². The number of rotatable bonds is 6. The summed E-state index contributed by atoms with van der Waals surface area (Å²) in [6.45, 7) is 0.945. The van der Waals surface area contributed by atoms with Crippen LogP contribution < -0.4 is 4.90 Å². The molecule has 5 nitrogen and oxygen atoms in total. The molecule has 1 heterocycles. The maximum Gasteiger partial charge on any atom is 0.345 e. The molecule has 1 aliphatic rings. The van der Waals surface area contributed by atoms with Crippen LogP contribution in [-0.4, -0.2) is 49.6 Å². The smallest absolute Gasteiger partial charge is 0.333 e. The van der Waals surface area contributed by atoms with Gasteiger partial charge in [-0.2, -0.15) is 8.78 Å². The molecule has 0 radical (unpaired) electrons. The summed E-state index contributed by atoms with van der Waals surface area (Å²) in [6.07, 6.45) is 2.61. The Morgan fingerprint density at radius 1 is 1.42 bits per heavy atom. The van der Waals surface area contributed by atoms with Crippen LogP contribution in [0.3, 0.4) is 0 Å². The van der Waals surface area contributed by atoms with Crippen molar-refractivity contribution in [1.29, 1.82) is 0 Å². The number of nitrogens with zero attached hydrogens (tertiary/aromatic N) is 2. The normalized spacial score (nSPS) is 17.2. The minimum absolute atomic E-state index is 0.169. The van der Waals surface area contributed by atoms with Gasteiger partial charge in [-0.15, -0.1) is 0 Å². The lowest BCUT2D eigenvalue weighted by Gasteiger charge is -2.25. The van der Waals surface area contributed by atoms with E-state index in [0.29, 0.717) is 24.2 Å². The van der Waals surface area contributed by atoms with Crippen molar-refractivity contribution < 1.29 is 23.1 Å². The number of alkyl halides is 2. The van der Waals surface area contributed by atoms with Crippen LogP contribution in [0.25, 0.3) is 0 Å². The van der Waals surface area contributed by atoms with E-state index in [1.807, 2.05) is 0 Å². The molecule has 2 amide bonds. The zero-order valence-corrected chi connectivity index (χ0v) is 13.5. The Balaban J connectivity index is 2.06. The van der Waals surface area contributed by atoms with Crippen molar-refractivity contribution in [2.75, 3.05) is 25.1 Å². The van der Waals surface area contributed by atoms with Gasteiger partial charge in [0.25, 0.3) is 5.91 Å². The first kappa shape index (κ1) is 18.1. The lowest BCUT2D eigenvalue weighted by atomic mass is 10.1. The van der Waals surface area contributed by atoms with Crippen LogP contribution in [0.4, 0.5) is 14.5 Å². The van der Waals surface area contributed by atoms with Crippen molar-refractivity contribution in [3.8, 4) is 0 Å². The van der Waals surface area contributed by atoms with Crippen molar-refractivity contribution in [2.45, 2.75) is 25.5 Å². The van der Waals surface area contributed by atoms with Crippen LogP contribution in [0, 0.1) is 0 Å². The summed E-state index contributed by atoms with van der Waals surface area (Å²) in [5.41, 5.74) is 1.08. The molecule has 0 aromatic heterocycles. The number of amides is 2. The van der Waals surface area contributed by atoms with Gasteiger partial charge in [0, 0.05) is 24.8 Å². The molecule has 1 saturated heterocycles. The van der Waals surface area contributed by atoms with Crippen LogP contribution >= 0.6 is 0 Å². The Morgan fingerprint density at radius 3 is 2.67 bits per heavy atom. The largest absolute Gasteiger partial charge is 0.345 e. The molecule has 0 N–H and O–H groups in total. The highest BCUT2D eigenvalue weighted by Crippen LogP contribution is 2.22. The lowest BCUT2D eigenvalue weighted by Crippen LogP contribution is -2.38. The summed E-state index contributed by atoms with van der Waals surface area (Å²) in [4.78, 5) is 27.1. The van der Waals surface area contributed by atoms with Gasteiger partial charge in [0.1, 0.15) is 0 Å². The molecule has 1 unspecified atom stereocenters. The maximum atomic E-state index is 12.6. The molecule has 7 heteroatoms. The highest BCUT2D eigenvalue weighted by Gasteiger charge is 2.30. The molecule has 1 fully saturated rings. The molecule has 130 valence electrons. The monoisotopic (exact) mass is 338 g/mol. The molecule has 0 spiro atoms. The summed E-state index contributed by atoms with van der Waals surface area (Å²) in [5.74, 6) is -0.475. The number of halogens is 2. The van der Waals surface area contributed by atoms with Gasteiger partial charge in [0.15, 0.2) is 0 Å². The standard InChI is InChI=1S/C17H20F2N2O3/c1-3-15(22)20(2)13-8-6-12(7-9-13)16(23)21-10-4-5-14(21)11-24-17(18)19/h3,6-9,14,17H,1,4-5,10-11H2,2H3. The van der Waals surface area contributed by atoms with E-state index in [1.165, 1.54) is 11.0 Å². The number of anilines is 1. The highest BCUT2D eigenvalue weighted by molar-refractivity contribution is 6.01. The van der Waals surface area contributed by atoms with E-state index in [4.69, 9.17) is 0 Å². The van der Waals surface area contributed by atoms with E-state index < -0.39 is 6.61 Å². The van der Waals surface area contributed by atoms with Crippen LogP contribution in [-0.2, 0) is 9.53 Å². The van der Waals surface area contributed by atoms with Crippen LogP contribution in [0.15, 0.2) is 36.9 Å². The van der Waals surface area contributed by atoms with E-state index in [9.17, 15) is 18.4 Å². The molecule has 1 aromatic carbocycles.